The number of carbonyl (C=O) groups is 2. The molecule has 5 nitrogen and oxygen atoms in total. The van der Waals surface area contributed by atoms with E-state index in [0.29, 0.717) is 38.4 Å². The van der Waals surface area contributed by atoms with E-state index < -0.39 is 0 Å². The number of hydrogen-bond donors (Lipinski definition) is 0. The van der Waals surface area contributed by atoms with Crippen molar-refractivity contribution in [1.29, 1.82) is 0 Å². The number of carbonyl (C=O) groups excluding carboxylic acids is 2. The van der Waals surface area contributed by atoms with Gasteiger partial charge in [-0.25, -0.2) is 9.18 Å². The fraction of sp³-hybridized carbons (Fsp3) is 0.300. The Labute approximate surface area is 161 Å². The summed E-state index contributed by atoms with van der Waals surface area (Å²) in [6.45, 7) is 3.89. The van der Waals surface area contributed by atoms with Gasteiger partial charge in [-0.3, -0.25) is 4.79 Å². The standard InChI is InChI=1S/C20H21FN2O3S/c1-2-26-20(25)23-11-9-22(10-12-23)19(24)17(18-4-3-13-27-18)14-15-5-7-16(21)8-6-15/h3-8,13-14H,2,9-12H2,1H3. The summed E-state index contributed by atoms with van der Waals surface area (Å²) in [5, 5.41) is 1.92. The lowest BCUT2D eigenvalue weighted by Gasteiger charge is -2.34. The zero-order valence-electron chi connectivity index (χ0n) is 15.1. The number of thiophene rings is 1. The first-order chi connectivity index (χ1) is 13.1. The van der Waals surface area contributed by atoms with Gasteiger partial charge in [0.25, 0.3) is 5.91 Å². The van der Waals surface area contributed by atoms with Gasteiger partial charge in [-0.1, -0.05) is 18.2 Å². The van der Waals surface area contributed by atoms with E-state index in [-0.39, 0.29) is 17.8 Å². The number of halogens is 1. The first kappa shape index (κ1) is 19.1. The minimum absolute atomic E-state index is 0.0923. The second-order valence-corrected chi connectivity index (χ2v) is 7.01. The maximum absolute atomic E-state index is 13.2. The highest BCUT2D eigenvalue weighted by Gasteiger charge is 2.27. The number of ether oxygens (including phenoxy) is 1. The zero-order valence-corrected chi connectivity index (χ0v) is 15.9. The van der Waals surface area contributed by atoms with Gasteiger partial charge in [-0.15, -0.1) is 11.3 Å². The summed E-state index contributed by atoms with van der Waals surface area (Å²) in [4.78, 5) is 29.2. The second kappa shape index (κ2) is 8.81. The fourth-order valence-corrected chi connectivity index (χ4v) is 3.61. The van der Waals surface area contributed by atoms with Crippen LogP contribution in [0.1, 0.15) is 17.4 Å². The lowest BCUT2D eigenvalue weighted by atomic mass is 10.1. The Morgan fingerprint density at radius 3 is 2.37 bits per heavy atom. The second-order valence-electron chi connectivity index (χ2n) is 6.07. The molecule has 2 heterocycles. The minimum atomic E-state index is -0.343. The smallest absolute Gasteiger partial charge is 0.409 e. The molecule has 2 aromatic rings. The molecule has 0 N–H and O–H groups in total. The Morgan fingerprint density at radius 1 is 1.11 bits per heavy atom. The molecule has 0 radical (unpaired) electrons. The molecule has 0 saturated carbocycles. The van der Waals surface area contributed by atoms with Crippen molar-refractivity contribution in [2.24, 2.45) is 0 Å². The molecule has 0 atom stereocenters. The molecular formula is C20H21FN2O3S. The third-order valence-corrected chi connectivity index (χ3v) is 5.19. The first-order valence-corrected chi connectivity index (χ1v) is 9.68. The van der Waals surface area contributed by atoms with Gasteiger partial charge < -0.3 is 14.5 Å². The topological polar surface area (TPSA) is 49.9 Å². The number of piperazine rings is 1. The van der Waals surface area contributed by atoms with E-state index in [1.807, 2.05) is 17.5 Å². The van der Waals surface area contributed by atoms with Crippen molar-refractivity contribution in [3.8, 4) is 0 Å². The highest BCUT2D eigenvalue weighted by molar-refractivity contribution is 7.11. The van der Waals surface area contributed by atoms with Crippen LogP contribution in [0.3, 0.4) is 0 Å². The van der Waals surface area contributed by atoms with Gasteiger partial charge in [0.2, 0.25) is 0 Å². The van der Waals surface area contributed by atoms with Crippen LogP contribution >= 0.6 is 11.3 Å². The van der Waals surface area contributed by atoms with Gasteiger partial charge in [0.1, 0.15) is 5.82 Å². The lowest BCUT2D eigenvalue weighted by Crippen LogP contribution is -2.50. The molecule has 1 saturated heterocycles. The number of rotatable bonds is 4. The van der Waals surface area contributed by atoms with Crippen LogP contribution in [0.25, 0.3) is 11.6 Å². The van der Waals surface area contributed by atoms with Gasteiger partial charge in [0.15, 0.2) is 0 Å². The van der Waals surface area contributed by atoms with E-state index in [0.717, 1.165) is 10.4 Å². The van der Waals surface area contributed by atoms with Crippen molar-refractivity contribution in [3.63, 3.8) is 0 Å². The van der Waals surface area contributed by atoms with E-state index in [2.05, 4.69) is 0 Å². The van der Waals surface area contributed by atoms with Crippen LogP contribution in [-0.4, -0.2) is 54.6 Å². The van der Waals surface area contributed by atoms with Gasteiger partial charge in [-0.2, -0.15) is 0 Å². The molecule has 1 aromatic heterocycles. The average Bonchev–Trinajstić information content (AvgIpc) is 3.22. The number of amides is 2. The zero-order chi connectivity index (χ0) is 19.2. The largest absolute Gasteiger partial charge is 0.450 e. The van der Waals surface area contributed by atoms with Crippen LogP contribution in [0.15, 0.2) is 41.8 Å². The Hall–Kier alpha value is -2.67. The predicted octanol–water partition coefficient (Wildman–Crippen LogP) is 3.73. The minimum Gasteiger partial charge on any atom is -0.450 e. The van der Waals surface area contributed by atoms with Crippen molar-refractivity contribution in [3.05, 3.63) is 58.0 Å². The van der Waals surface area contributed by atoms with Crippen molar-refractivity contribution in [1.82, 2.24) is 9.80 Å². The predicted molar refractivity (Wildman–Crippen MR) is 104 cm³/mol. The van der Waals surface area contributed by atoms with Crippen molar-refractivity contribution in [2.45, 2.75) is 6.92 Å². The summed E-state index contributed by atoms with van der Waals surface area (Å²) in [5.41, 5.74) is 1.33. The van der Waals surface area contributed by atoms with E-state index in [1.54, 1.807) is 34.9 Å². The average molecular weight is 388 g/mol. The quantitative estimate of drug-likeness (QED) is 0.750. The Kier molecular flexibility index (Phi) is 6.24. The van der Waals surface area contributed by atoms with Gasteiger partial charge in [0, 0.05) is 31.1 Å². The first-order valence-electron chi connectivity index (χ1n) is 8.80. The lowest BCUT2D eigenvalue weighted by molar-refractivity contribution is -0.126. The summed E-state index contributed by atoms with van der Waals surface area (Å²) in [7, 11) is 0. The maximum atomic E-state index is 13.2. The summed E-state index contributed by atoms with van der Waals surface area (Å²) in [5.74, 6) is -0.406. The molecule has 0 spiro atoms. The highest BCUT2D eigenvalue weighted by atomic mass is 32.1. The van der Waals surface area contributed by atoms with E-state index in [1.165, 1.54) is 23.5 Å². The molecule has 0 bridgehead atoms. The summed E-state index contributed by atoms with van der Waals surface area (Å²) in [6.07, 6.45) is 1.44. The molecule has 1 fully saturated rings. The SMILES string of the molecule is CCOC(=O)N1CCN(C(=O)C(=Cc2ccc(F)cc2)c2cccs2)CC1. The molecule has 2 amide bonds. The van der Waals surface area contributed by atoms with Crippen LogP contribution in [0, 0.1) is 5.82 Å². The molecule has 1 aromatic carbocycles. The summed E-state index contributed by atoms with van der Waals surface area (Å²) in [6, 6.07) is 9.84. The Bertz CT molecular complexity index is 810. The third-order valence-electron chi connectivity index (χ3n) is 4.29. The monoisotopic (exact) mass is 388 g/mol. The van der Waals surface area contributed by atoms with Crippen LogP contribution in [0.4, 0.5) is 9.18 Å². The molecular weight excluding hydrogens is 367 g/mol. The third kappa shape index (κ3) is 4.74. The Morgan fingerprint density at radius 2 is 1.78 bits per heavy atom. The van der Waals surface area contributed by atoms with Crippen molar-refractivity contribution < 1.29 is 18.7 Å². The number of hydrogen-bond acceptors (Lipinski definition) is 4. The summed E-state index contributed by atoms with van der Waals surface area (Å²) < 4.78 is 18.2. The van der Waals surface area contributed by atoms with Crippen molar-refractivity contribution >= 4 is 35.0 Å². The normalized spacial score (nSPS) is 15.0. The van der Waals surface area contributed by atoms with E-state index in [4.69, 9.17) is 4.74 Å². The molecule has 1 aliphatic rings. The molecule has 142 valence electrons. The number of benzene rings is 1. The molecule has 7 heteroatoms. The van der Waals surface area contributed by atoms with Gasteiger partial charge in [0.05, 0.1) is 12.2 Å². The fourth-order valence-electron chi connectivity index (χ4n) is 2.87. The van der Waals surface area contributed by atoms with Crippen LogP contribution in [0.5, 0.6) is 0 Å². The van der Waals surface area contributed by atoms with Crippen LogP contribution < -0.4 is 0 Å². The Balaban J connectivity index is 1.77. The maximum Gasteiger partial charge on any atom is 0.409 e. The van der Waals surface area contributed by atoms with Crippen LogP contribution in [0.2, 0.25) is 0 Å². The summed E-state index contributed by atoms with van der Waals surface area (Å²) >= 11 is 1.48. The molecule has 0 unspecified atom stereocenters. The van der Waals surface area contributed by atoms with E-state index >= 15 is 0 Å². The molecule has 27 heavy (non-hydrogen) atoms. The molecule has 0 aliphatic carbocycles. The number of nitrogens with zero attached hydrogens (tertiary/aromatic N) is 2. The van der Waals surface area contributed by atoms with Gasteiger partial charge >= 0.3 is 6.09 Å². The van der Waals surface area contributed by atoms with Crippen LogP contribution in [-0.2, 0) is 9.53 Å². The van der Waals surface area contributed by atoms with Gasteiger partial charge in [-0.05, 0) is 42.1 Å². The molecule has 3 rings (SSSR count). The van der Waals surface area contributed by atoms with E-state index in [9.17, 15) is 14.0 Å². The highest BCUT2D eigenvalue weighted by Crippen LogP contribution is 2.26. The molecule has 1 aliphatic heterocycles. The van der Waals surface area contributed by atoms with Crippen molar-refractivity contribution in [2.75, 3.05) is 32.8 Å².